The van der Waals surface area contributed by atoms with Crippen LogP contribution in [0, 0.1) is 11.8 Å². The molecule has 0 atom stereocenters. The SMILES string of the molecule is CC.CC.CC.CNC(=O)OCC1CCCC1.CNC(=O)OCC1CCCCC1. The van der Waals surface area contributed by atoms with E-state index in [-0.39, 0.29) is 12.2 Å². The first-order chi connectivity index (χ1) is 14.2. The smallest absolute Gasteiger partial charge is 0.406 e. The summed E-state index contributed by atoms with van der Waals surface area (Å²) in [4.78, 5) is 21.4. The summed E-state index contributed by atoms with van der Waals surface area (Å²) in [6, 6.07) is 0. The Labute approximate surface area is 180 Å². The minimum absolute atomic E-state index is 0.305. The van der Waals surface area contributed by atoms with Gasteiger partial charge in [-0.25, -0.2) is 9.59 Å². The molecule has 0 aliphatic heterocycles. The van der Waals surface area contributed by atoms with E-state index < -0.39 is 0 Å². The van der Waals surface area contributed by atoms with E-state index in [1.807, 2.05) is 41.5 Å². The van der Waals surface area contributed by atoms with Crippen molar-refractivity contribution >= 4 is 12.2 Å². The highest BCUT2D eigenvalue weighted by molar-refractivity contribution is 5.66. The van der Waals surface area contributed by atoms with Crippen molar-refractivity contribution in [2.75, 3.05) is 27.3 Å². The molecule has 0 aromatic heterocycles. The van der Waals surface area contributed by atoms with Crippen molar-refractivity contribution in [2.24, 2.45) is 11.8 Å². The summed E-state index contributed by atoms with van der Waals surface area (Å²) < 4.78 is 9.91. The van der Waals surface area contributed by atoms with Gasteiger partial charge < -0.3 is 20.1 Å². The molecule has 2 aliphatic rings. The second-order valence-corrected chi connectivity index (χ2v) is 6.35. The molecule has 6 heteroatoms. The number of carbonyl (C=O) groups is 2. The van der Waals surface area contributed by atoms with E-state index in [1.54, 1.807) is 14.1 Å². The fourth-order valence-electron chi connectivity index (χ4n) is 3.06. The Bertz CT molecular complexity index is 340. The molecule has 2 aliphatic carbocycles. The molecule has 6 nitrogen and oxygen atoms in total. The Hall–Kier alpha value is -1.46. The van der Waals surface area contributed by atoms with Crippen LogP contribution in [0.15, 0.2) is 0 Å². The van der Waals surface area contributed by atoms with Crippen molar-refractivity contribution < 1.29 is 19.1 Å². The van der Waals surface area contributed by atoms with Crippen molar-refractivity contribution in [2.45, 2.75) is 99.3 Å². The summed E-state index contributed by atoms with van der Waals surface area (Å²) in [6.07, 6.45) is 10.8. The second kappa shape index (κ2) is 26.5. The molecule has 29 heavy (non-hydrogen) atoms. The maximum Gasteiger partial charge on any atom is 0.406 e. The lowest BCUT2D eigenvalue weighted by molar-refractivity contribution is 0.118. The highest BCUT2D eigenvalue weighted by Crippen LogP contribution is 2.24. The zero-order chi connectivity index (χ0) is 22.9. The number of hydrogen-bond donors (Lipinski definition) is 2. The molecule has 0 saturated heterocycles. The molecule has 2 saturated carbocycles. The summed E-state index contributed by atoms with van der Waals surface area (Å²) in [5, 5.41) is 4.87. The van der Waals surface area contributed by atoms with Crippen LogP contribution in [-0.4, -0.2) is 39.5 Å². The van der Waals surface area contributed by atoms with Crippen LogP contribution >= 0.6 is 0 Å². The molecule has 0 radical (unpaired) electrons. The standard InChI is InChI=1S/C9H17NO2.C8H15NO2.3C2H6/c1-10-9(11)12-7-8-5-3-2-4-6-8;1-9-8(10)11-6-7-4-2-3-5-7;3*1-2/h8H,2-7H2,1H3,(H,10,11);7H,2-6H2,1H3,(H,9,10);3*1-2H3. The summed E-state index contributed by atoms with van der Waals surface area (Å²) >= 11 is 0. The van der Waals surface area contributed by atoms with E-state index in [1.165, 1.54) is 57.8 Å². The van der Waals surface area contributed by atoms with Crippen molar-refractivity contribution in [1.82, 2.24) is 10.6 Å². The van der Waals surface area contributed by atoms with Gasteiger partial charge >= 0.3 is 12.2 Å². The highest BCUT2D eigenvalue weighted by Gasteiger charge is 2.16. The first kappa shape index (κ1) is 32.2. The van der Waals surface area contributed by atoms with Crippen LogP contribution < -0.4 is 10.6 Å². The fourth-order valence-corrected chi connectivity index (χ4v) is 3.06. The van der Waals surface area contributed by atoms with Crippen LogP contribution in [0.25, 0.3) is 0 Å². The Balaban J connectivity index is -0.000000371. The van der Waals surface area contributed by atoms with Gasteiger partial charge in [0, 0.05) is 14.1 Å². The number of rotatable bonds is 4. The van der Waals surface area contributed by atoms with Crippen LogP contribution in [0.3, 0.4) is 0 Å². The van der Waals surface area contributed by atoms with Gasteiger partial charge in [0.15, 0.2) is 0 Å². The monoisotopic (exact) mass is 418 g/mol. The lowest BCUT2D eigenvalue weighted by Gasteiger charge is -2.20. The van der Waals surface area contributed by atoms with Crippen molar-refractivity contribution in [3.63, 3.8) is 0 Å². The van der Waals surface area contributed by atoms with Crippen LogP contribution in [-0.2, 0) is 9.47 Å². The Morgan fingerprint density at radius 1 is 0.621 bits per heavy atom. The molecule has 2 N–H and O–H groups in total. The third-order valence-electron chi connectivity index (χ3n) is 4.51. The van der Waals surface area contributed by atoms with E-state index in [9.17, 15) is 9.59 Å². The van der Waals surface area contributed by atoms with Crippen molar-refractivity contribution in [3.05, 3.63) is 0 Å². The number of amides is 2. The predicted octanol–water partition coefficient (Wildman–Crippen LogP) is 6.53. The Morgan fingerprint density at radius 2 is 0.897 bits per heavy atom. The molecule has 2 rings (SSSR count). The first-order valence-electron chi connectivity index (χ1n) is 11.8. The first-order valence-corrected chi connectivity index (χ1v) is 11.8. The molecule has 0 aromatic carbocycles. The van der Waals surface area contributed by atoms with Gasteiger partial charge in [0.25, 0.3) is 0 Å². The number of nitrogens with one attached hydrogen (secondary N) is 2. The zero-order valence-corrected chi connectivity index (χ0v) is 20.6. The van der Waals surface area contributed by atoms with Gasteiger partial charge in [-0.1, -0.05) is 73.6 Å². The third-order valence-corrected chi connectivity index (χ3v) is 4.51. The molecule has 0 unspecified atom stereocenters. The fraction of sp³-hybridized carbons (Fsp3) is 0.913. The lowest BCUT2D eigenvalue weighted by Crippen LogP contribution is -2.23. The Morgan fingerprint density at radius 3 is 1.17 bits per heavy atom. The zero-order valence-electron chi connectivity index (χ0n) is 20.6. The molecule has 176 valence electrons. The molecule has 0 spiro atoms. The average Bonchev–Trinajstić information content (AvgIpc) is 3.34. The summed E-state index contributed by atoms with van der Waals surface area (Å²) in [7, 11) is 3.17. The largest absolute Gasteiger partial charge is 0.449 e. The van der Waals surface area contributed by atoms with Crippen molar-refractivity contribution in [1.29, 1.82) is 0 Å². The normalized spacial score (nSPS) is 15.3. The molecule has 2 amide bonds. The topological polar surface area (TPSA) is 76.7 Å². The van der Waals surface area contributed by atoms with E-state index in [2.05, 4.69) is 10.6 Å². The van der Waals surface area contributed by atoms with Gasteiger partial charge in [-0.05, 0) is 37.5 Å². The number of carbonyl (C=O) groups excluding carboxylic acids is 2. The predicted molar refractivity (Wildman–Crippen MR) is 123 cm³/mol. The van der Waals surface area contributed by atoms with Crippen LogP contribution in [0.4, 0.5) is 9.59 Å². The minimum atomic E-state index is -0.308. The molecule has 0 aromatic rings. The van der Waals surface area contributed by atoms with Gasteiger partial charge in [0.1, 0.15) is 0 Å². The third kappa shape index (κ3) is 21.1. The van der Waals surface area contributed by atoms with Gasteiger partial charge in [0.2, 0.25) is 0 Å². The average molecular weight is 419 g/mol. The van der Waals surface area contributed by atoms with Gasteiger partial charge in [-0.2, -0.15) is 0 Å². The van der Waals surface area contributed by atoms with Gasteiger partial charge in [-0.15, -0.1) is 0 Å². The van der Waals surface area contributed by atoms with E-state index in [4.69, 9.17) is 9.47 Å². The maximum absolute atomic E-state index is 10.7. The number of ether oxygens (including phenoxy) is 2. The van der Waals surface area contributed by atoms with Gasteiger partial charge in [-0.3, -0.25) is 0 Å². The van der Waals surface area contributed by atoms with Crippen molar-refractivity contribution in [3.8, 4) is 0 Å². The lowest BCUT2D eigenvalue weighted by atomic mass is 9.90. The van der Waals surface area contributed by atoms with E-state index >= 15 is 0 Å². The van der Waals surface area contributed by atoms with Gasteiger partial charge in [0.05, 0.1) is 13.2 Å². The van der Waals surface area contributed by atoms with Crippen LogP contribution in [0.5, 0.6) is 0 Å². The summed E-state index contributed by atoms with van der Waals surface area (Å²) in [5.41, 5.74) is 0. The maximum atomic E-state index is 10.7. The number of alkyl carbamates (subject to hydrolysis) is 2. The molecule has 0 heterocycles. The molecule has 2 fully saturated rings. The highest BCUT2D eigenvalue weighted by atomic mass is 16.6. The minimum Gasteiger partial charge on any atom is -0.449 e. The van der Waals surface area contributed by atoms with E-state index in [0.29, 0.717) is 25.0 Å². The quantitative estimate of drug-likeness (QED) is 0.544. The second-order valence-electron chi connectivity index (χ2n) is 6.35. The summed E-state index contributed by atoms with van der Waals surface area (Å²) in [5.74, 6) is 1.23. The number of hydrogen-bond acceptors (Lipinski definition) is 4. The van der Waals surface area contributed by atoms with E-state index in [0.717, 1.165) is 0 Å². The Kier molecular flexibility index (Phi) is 29.5. The molecule has 0 bridgehead atoms. The van der Waals surface area contributed by atoms with Crippen LogP contribution in [0.2, 0.25) is 0 Å². The molecular weight excluding hydrogens is 368 g/mol. The van der Waals surface area contributed by atoms with Crippen LogP contribution in [0.1, 0.15) is 99.3 Å². The summed E-state index contributed by atoms with van der Waals surface area (Å²) in [6.45, 7) is 13.2. The molecular formula is C23H50N2O4.